The van der Waals surface area contributed by atoms with E-state index in [9.17, 15) is 18.0 Å². The van der Waals surface area contributed by atoms with Gasteiger partial charge in [-0.25, -0.2) is 0 Å². The normalized spacial score (nSPS) is 14.9. The van der Waals surface area contributed by atoms with Gasteiger partial charge >= 0.3 is 6.18 Å². The lowest BCUT2D eigenvalue weighted by atomic mass is 9.96. The van der Waals surface area contributed by atoms with Crippen LogP contribution in [-0.4, -0.2) is 20.7 Å². The van der Waals surface area contributed by atoms with Gasteiger partial charge in [0.25, 0.3) is 5.91 Å². The van der Waals surface area contributed by atoms with Crippen LogP contribution in [0.5, 0.6) is 0 Å². The highest BCUT2D eigenvalue weighted by molar-refractivity contribution is 9.10. The number of nitrogens with zero attached hydrogens (tertiary/aromatic N) is 4. The molecule has 156 valence electrons. The Kier molecular flexibility index (Phi) is 5.17. The van der Waals surface area contributed by atoms with E-state index in [0.29, 0.717) is 12.1 Å². The third-order valence-corrected chi connectivity index (χ3v) is 5.81. The zero-order valence-electron chi connectivity index (χ0n) is 16.2. The highest BCUT2D eigenvalue weighted by atomic mass is 79.9. The third-order valence-electron chi connectivity index (χ3n) is 5.35. The van der Waals surface area contributed by atoms with Gasteiger partial charge < -0.3 is 9.47 Å². The van der Waals surface area contributed by atoms with Crippen LogP contribution in [0.3, 0.4) is 0 Å². The number of aromatic nitrogens is 3. The first-order valence-corrected chi connectivity index (χ1v) is 10.1. The maximum atomic E-state index is 13.4. The van der Waals surface area contributed by atoms with Crippen LogP contribution in [0.15, 0.2) is 47.2 Å². The molecule has 9 heteroatoms. The van der Waals surface area contributed by atoms with Gasteiger partial charge in [-0.2, -0.15) is 13.2 Å². The highest BCUT2D eigenvalue weighted by Crippen LogP contribution is 2.39. The Morgan fingerprint density at radius 2 is 2.00 bits per heavy atom. The molecule has 2 aromatic carbocycles. The van der Waals surface area contributed by atoms with Gasteiger partial charge in [-0.15, -0.1) is 10.2 Å². The molecular formula is C21H18BrF3N4O. The Hall–Kier alpha value is -2.68. The fraction of sp³-hybridized carbons (Fsp3) is 0.286. The number of anilines is 1. The lowest BCUT2D eigenvalue weighted by Gasteiger charge is -2.20. The first-order valence-electron chi connectivity index (χ1n) is 9.29. The van der Waals surface area contributed by atoms with Crippen LogP contribution < -0.4 is 4.90 Å². The molecule has 1 aromatic heterocycles. The van der Waals surface area contributed by atoms with E-state index in [-0.39, 0.29) is 23.6 Å². The number of halogens is 4. The number of alkyl halides is 3. The molecule has 0 unspecified atom stereocenters. The molecule has 30 heavy (non-hydrogen) atoms. The molecule has 1 aliphatic heterocycles. The number of rotatable bonds is 4. The molecule has 0 radical (unpaired) electrons. The van der Waals surface area contributed by atoms with Crippen molar-refractivity contribution in [3.8, 4) is 0 Å². The molecule has 5 nitrogen and oxygen atoms in total. The molecule has 2 heterocycles. The molecule has 0 bridgehead atoms. The summed E-state index contributed by atoms with van der Waals surface area (Å²) >= 11 is 3.47. The minimum absolute atomic E-state index is 0.0173. The van der Waals surface area contributed by atoms with Crippen LogP contribution in [0.4, 0.5) is 18.9 Å². The molecular weight excluding hydrogens is 461 g/mol. The zero-order chi connectivity index (χ0) is 21.6. The van der Waals surface area contributed by atoms with Crippen molar-refractivity contribution < 1.29 is 18.0 Å². The Balaban J connectivity index is 1.67. The smallest absolute Gasteiger partial charge is 0.321 e. The van der Waals surface area contributed by atoms with E-state index in [0.717, 1.165) is 21.9 Å². The van der Waals surface area contributed by atoms with Crippen molar-refractivity contribution in [1.82, 2.24) is 14.8 Å². The molecule has 3 aromatic rings. The van der Waals surface area contributed by atoms with E-state index in [1.807, 2.05) is 30.7 Å². The number of fused-ring (bicyclic) bond motifs is 1. The Morgan fingerprint density at radius 1 is 1.23 bits per heavy atom. The molecule has 1 amide bonds. The first-order chi connectivity index (χ1) is 14.1. The van der Waals surface area contributed by atoms with E-state index in [1.165, 1.54) is 17.0 Å². The monoisotopic (exact) mass is 478 g/mol. The number of amides is 1. The summed E-state index contributed by atoms with van der Waals surface area (Å²) in [5, 5.41) is 7.99. The van der Waals surface area contributed by atoms with E-state index >= 15 is 0 Å². The molecule has 0 saturated heterocycles. The predicted octanol–water partition coefficient (Wildman–Crippen LogP) is 5.10. The van der Waals surface area contributed by atoms with Crippen LogP contribution >= 0.6 is 15.9 Å². The van der Waals surface area contributed by atoms with Crippen molar-refractivity contribution in [1.29, 1.82) is 0 Å². The average Bonchev–Trinajstić information content (AvgIpc) is 3.23. The van der Waals surface area contributed by atoms with E-state index in [2.05, 4.69) is 26.1 Å². The topological polar surface area (TPSA) is 51.0 Å². The Bertz CT molecular complexity index is 1130. The summed E-state index contributed by atoms with van der Waals surface area (Å²) in [5.41, 5.74) is 0.851. The summed E-state index contributed by atoms with van der Waals surface area (Å²) in [6, 6.07) is 9.28. The second-order valence-electron chi connectivity index (χ2n) is 7.43. The maximum absolute atomic E-state index is 13.4. The van der Waals surface area contributed by atoms with Crippen molar-refractivity contribution in [3.05, 3.63) is 75.3 Å². The molecule has 1 atom stereocenters. The van der Waals surface area contributed by atoms with Crippen LogP contribution in [-0.2, 0) is 26.2 Å². The zero-order valence-corrected chi connectivity index (χ0v) is 17.8. The largest absolute Gasteiger partial charge is 0.416 e. The second-order valence-corrected chi connectivity index (χ2v) is 8.34. The van der Waals surface area contributed by atoms with Gasteiger partial charge in [0.2, 0.25) is 0 Å². The van der Waals surface area contributed by atoms with Crippen LogP contribution in [0, 0.1) is 0 Å². The van der Waals surface area contributed by atoms with Crippen molar-refractivity contribution >= 4 is 27.5 Å². The van der Waals surface area contributed by atoms with Gasteiger partial charge in [0.05, 0.1) is 12.1 Å². The van der Waals surface area contributed by atoms with Crippen molar-refractivity contribution in [2.45, 2.75) is 32.0 Å². The third kappa shape index (κ3) is 3.74. The SMILES string of the molecule is C[C@H](Cc1nncn1C)c1cc(Br)cc(N2Cc3c(cccc3C(F)(F)F)C2=O)c1. The minimum Gasteiger partial charge on any atom is -0.321 e. The Morgan fingerprint density at radius 3 is 2.67 bits per heavy atom. The predicted molar refractivity (Wildman–Crippen MR) is 109 cm³/mol. The second kappa shape index (κ2) is 7.54. The number of benzene rings is 2. The van der Waals surface area contributed by atoms with Crippen molar-refractivity contribution in [3.63, 3.8) is 0 Å². The average molecular weight is 479 g/mol. The molecule has 0 aliphatic carbocycles. The fourth-order valence-corrected chi connectivity index (χ4v) is 4.23. The first kappa shape index (κ1) is 20.6. The molecule has 1 aliphatic rings. The number of carbonyl (C=O) groups excluding carboxylic acids is 1. The molecule has 0 spiro atoms. The number of hydrogen-bond donors (Lipinski definition) is 0. The lowest BCUT2D eigenvalue weighted by molar-refractivity contribution is -0.138. The highest BCUT2D eigenvalue weighted by Gasteiger charge is 2.39. The minimum atomic E-state index is -4.51. The van der Waals surface area contributed by atoms with Gasteiger partial charge in [-0.1, -0.05) is 28.9 Å². The quantitative estimate of drug-likeness (QED) is 0.523. The van der Waals surface area contributed by atoms with Gasteiger partial charge in [-0.05, 0) is 47.4 Å². The summed E-state index contributed by atoms with van der Waals surface area (Å²) in [6.45, 7) is 1.92. The van der Waals surface area contributed by atoms with E-state index < -0.39 is 17.6 Å². The maximum Gasteiger partial charge on any atom is 0.416 e. The number of hydrogen-bond acceptors (Lipinski definition) is 3. The summed E-state index contributed by atoms with van der Waals surface area (Å²) in [6.07, 6.45) is -2.24. The van der Waals surface area contributed by atoms with E-state index in [4.69, 9.17) is 0 Å². The van der Waals surface area contributed by atoms with Gasteiger partial charge in [0, 0.05) is 29.2 Å². The summed E-state index contributed by atoms with van der Waals surface area (Å²) < 4.78 is 42.8. The van der Waals surface area contributed by atoms with Crippen LogP contribution in [0.2, 0.25) is 0 Å². The summed E-state index contributed by atoms with van der Waals surface area (Å²) in [7, 11) is 1.87. The van der Waals surface area contributed by atoms with Crippen molar-refractivity contribution in [2.75, 3.05) is 4.90 Å². The fourth-order valence-electron chi connectivity index (χ4n) is 3.73. The van der Waals surface area contributed by atoms with Gasteiger partial charge in [0.15, 0.2) is 0 Å². The van der Waals surface area contributed by atoms with Gasteiger partial charge in [0.1, 0.15) is 12.2 Å². The molecule has 0 saturated carbocycles. The molecule has 0 N–H and O–H groups in total. The Labute approximate surface area is 179 Å². The van der Waals surface area contributed by atoms with Crippen molar-refractivity contribution in [2.24, 2.45) is 7.05 Å². The standard InChI is InChI=1S/C21H18BrF3N4O/c1-12(6-19-27-26-11-28(19)2)13-7-14(22)9-15(8-13)29-10-17-16(20(29)30)4-3-5-18(17)21(23,24)25/h3-5,7-9,11-12H,6,10H2,1-2H3/t12-/m1/s1. The number of carbonyl (C=O) groups is 1. The van der Waals surface area contributed by atoms with E-state index in [1.54, 1.807) is 12.4 Å². The van der Waals surface area contributed by atoms with Crippen LogP contribution in [0.25, 0.3) is 0 Å². The van der Waals surface area contributed by atoms with Crippen LogP contribution in [0.1, 0.15) is 45.7 Å². The molecule has 4 rings (SSSR count). The van der Waals surface area contributed by atoms with Gasteiger partial charge in [-0.3, -0.25) is 4.79 Å². The summed E-state index contributed by atoms with van der Waals surface area (Å²) in [4.78, 5) is 14.3. The molecule has 0 fully saturated rings. The lowest BCUT2D eigenvalue weighted by Crippen LogP contribution is -2.23. The summed E-state index contributed by atoms with van der Waals surface area (Å²) in [5.74, 6) is 0.458. The number of aryl methyl sites for hydroxylation is 1.